The molecule has 2 unspecified atom stereocenters. The fourth-order valence-electron chi connectivity index (χ4n) is 2.77. The van der Waals surface area contributed by atoms with Crippen molar-refractivity contribution in [3.63, 3.8) is 0 Å². The van der Waals surface area contributed by atoms with E-state index in [2.05, 4.69) is 0 Å². The molecule has 0 bridgehead atoms. The van der Waals surface area contributed by atoms with Crippen LogP contribution in [0.2, 0.25) is 0 Å². The highest BCUT2D eigenvalue weighted by Gasteiger charge is 2.37. The van der Waals surface area contributed by atoms with Gasteiger partial charge in [-0.15, -0.1) is 0 Å². The minimum atomic E-state index is -0.512. The Balaban J connectivity index is 1.89. The summed E-state index contributed by atoms with van der Waals surface area (Å²) in [6.07, 6.45) is 3.25. The number of aliphatic hydroxyl groups is 1. The van der Waals surface area contributed by atoms with Crippen molar-refractivity contribution in [2.45, 2.75) is 38.7 Å². The van der Waals surface area contributed by atoms with Crippen LogP contribution in [0.5, 0.6) is 0 Å². The maximum absolute atomic E-state index is 12.3. The zero-order valence-corrected chi connectivity index (χ0v) is 11.8. The summed E-state index contributed by atoms with van der Waals surface area (Å²) in [5.41, 5.74) is 0. The molecule has 1 N–H and O–H groups in total. The fraction of sp³-hybridized carbons (Fsp3) is 0.857. The molecule has 2 rings (SSSR count). The van der Waals surface area contributed by atoms with Crippen molar-refractivity contribution in [1.29, 1.82) is 0 Å². The Bertz CT molecular complexity index is 353. The summed E-state index contributed by atoms with van der Waals surface area (Å²) < 4.78 is 0. The molecule has 0 radical (unpaired) electrons. The molecule has 0 spiro atoms. The number of rotatable bonds is 4. The van der Waals surface area contributed by atoms with Gasteiger partial charge in [0.1, 0.15) is 0 Å². The molecule has 1 heterocycles. The number of amides is 2. The van der Waals surface area contributed by atoms with Gasteiger partial charge < -0.3 is 14.9 Å². The first-order chi connectivity index (χ1) is 8.99. The van der Waals surface area contributed by atoms with Crippen LogP contribution in [0.25, 0.3) is 0 Å². The van der Waals surface area contributed by atoms with E-state index < -0.39 is 6.10 Å². The SMILES string of the molecule is CC(O)CN(C)C(=O)C1CCCN(C(=O)C2CC2)C1. The van der Waals surface area contributed by atoms with Gasteiger partial charge in [0.2, 0.25) is 11.8 Å². The zero-order valence-electron chi connectivity index (χ0n) is 11.8. The van der Waals surface area contributed by atoms with Crippen LogP contribution in [0, 0.1) is 11.8 Å². The molecular weight excluding hydrogens is 244 g/mol. The molecule has 1 aliphatic heterocycles. The highest BCUT2D eigenvalue weighted by Crippen LogP contribution is 2.32. The highest BCUT2D eigenvalue weighted by atomic mass is 16.3. The van der Waals surface area contributed by atoms with Crippen LogP contribution < -0.4 is 0 Å². The summed E-state index contributed by atoms with van der Waals surface area (Å²) in [6.45, 7) is 3.37. The average molecular weight is 268 g/mol. The lowest BCUT2D eigenvalue weighted by Gasteiger charge is -2.34. The predicted octanol–water partition coefficient (Wildman–Crippen LogP) is 0.474. The van der Waals surface area contributed by atoms with Crippen LogP contribution in [0.4, 0.5) is 0 Å². The lowest BCUT2D eigenvalue weighted by atomic mass is 9.96. The second-order valence-electron chi connectivity index (χ2n) is 5.97. The molecule has 2 atom stereocenters. The third-order valence-corrected chi connectivity index (χ3v) is 3.92. The van der Waals surface area contributed by atoms with Crippen molar-refractivity contribution >= 4 is 11.8 Å². The molecule has 5 nitrogen and oxygen atoms in total. The van der Waals surface area contributed by atoms with Crippen LogP contribution >= 0.6 is 0 Å². The molecule has 1 saturated carbocycles. The van der Waals surface area contributed by atoms with Gasteiger partial charge in [0.15, 0.2) is 0 Å². The normalized spacial score (nSPS) is 25.0. The van der Waals surface area contributed by atoms with E-state index in [1.165, 1.54) is 0 Å². The summed E-state index contributed by atoms with van der Waals surface area (Å²) in [6, 6.07) is 0. The van der Waals surface area contributed by atoms with E-state index in [0.717, 1.165) is 32.2 Å². The van der Waals surface area contributed by atoms with Crippen LogP contribution in [-0.4, -0.2) is 59.5 Å². The summed E-state index contributed by atoms with van der Waals surface area (Å²) in [7, 11) is 1.72. The molecule has 1 aliphatic carbocycles. The number of hydrogen-bond acceptors (Lipinski definition) is 3. The van der Waals surface area contributed by atoms with Crippen molar-refractivity contribution < 1.29 is 14.7 Å². The molecule has 2 fully saturated rings. The minimum Gasteiger partial charge on any atom is -0.392 e. The summed E-state index contributed by atoms with van der Waals surface area (Å²) in [4.78, 5) is 27.7. The first kappa shape index (κ1) is 14.3. The number of likely N-dealkylation sites (N-methyl/N-ethyl adjacent to an activating group) is 1. The highest BCUT2D eigenvalue weighted by molar-refractivity contribution is 5.83. The molecule has 0 aromatic heterocycles. The fourth-order valence-corrected chi connectivity index (χ4v) is 2.77. The molecule has 19 heavy (non-hydrogen) atoms. The lowest BCUT2D eigenvalue weighted by Crippen LogP contribution is -2.47. The van der Waals surface area contributed by atoms with Gasteiger partial charge in [0.25, 0.3) is 0 Å². The molecule has 0 aromatic carbocycles. The van der Waals surface area contributed by atoms with Crippen molar-refractivity contribution in [3.05, 3.63) is 0 Å². The van der Waals surface area contributed by atoms with Crippen LogP contribution in [0.1, 0.15) is 32.6 Å². The molecule has 5 heteroatoms. The van der Waals surface area contributed by atoms with E-state index in [4.69, 9.17) is 0 Å². The van der Waals surface area contributed by atoms with Gasteiger partial charge >= 0.3 is 0 Å². The molecular formula is C14H24N2O3. The number of hydrogen-bond donors (Lipinski definition) is 1. The zero-order chi connectivity index (χ0) is 14.0. The summed E-state index contributed by atoms with van der Waals surface area (Å²) in [5.74, 6) is 0.411. The number of aliphatic hydroxyl groups excluding tert-OH is 1. The molecule has 2 amide bonds. The lowest BCUT2D eigenvalue weighted by molar-refractivity contribution is -0.141. The molecule has 0 aromatic rings. The first-order valence-electron chi connectivity index (χ1n) is 7.21. The van der Waals surface area contributed by atoms with E-state index in [0.29, 0.717) is 13.1 Å². The Morgan fingerprint density at radius 3 is 2.58 bits per heavy atom. The smallest absolute Gasteiger partial charge is 0.227 e. The van der Waals surface area contributed by atoms with Gasteiger partial charge in [-0.1, -0.05) is 0 Å². The molecule has 1 saturated heterocycles. The maximum atomic E-state index is 12.3. The van der Waals surface area contributed by atoms with Gasteiger partial charge in [-0.05, 0) is 32.6 Å². The first-order valence-corrected chi connectivity index (χ1v) is 7.21. The Kier molecular flexibility index (Phi) is 4.45. The molecule has 108 valence electrons. The second kappa shape index (κ2) is 5.90. The van der Waals surface area contributed by atoms with E-state index in [1.54, 1.807) is 18.9 Å². The number of carbonyl (C=O) groups is 2. The number of piperidine rings is 1. The summed E-state index contributed by atoms with van der Waals surface area (Å²) in [5, 5.41) is 9.33. The van der Waals surface area contributed by atoms with Crippen LogP contribution in [0.3, 0.4) is 0 Å². The van der Waals surface area contributed by atoms with Gasteiger partial charge in [-0.25, -0.2) is 0 Å². The van der Waals surface area contributed by atoms with Crippen molar-refractivity contribution in [2.24, 2.45) is 11.8 Å². The van der Waals surface area contributed by atoms with E-state index in [1.807, 2.05) is 4.90 Å². The topological polar surface area (TPSA) is 60.9 Å². The van der Waals surface area contributed by atoms with E-state index in [9.17, 15) is 14.7 Å². The Labute approximate surface area is 114 Å². The average Bonchev–Trinajstić information content (AvgIpc) is 3.20. The van der Waals surface area contributed by atoms with Crippen LogP contribution in [-0.2, 0) is 9.59 Å². The van der Waals surface area contributed by atoms with Gasteiger partial charge in [-0.3, -0.25) is 9.59 Å². The Morgan fingerprint density at radius 1 is 1.32 bits per heavy atom. The minimum absolute atomic E-state index is 0.0502. The third kappa shape index (κ3) is 3.69. The largest absolute Gasteiger partial charge is 0.392 e. The number of nitrogens with zero attached hydrogens (tertiary/aromatic N) is 2. The second-order valence-corrected chi connectivity index (χ2v) is 5.97. The standard InChI is InChI=1S/C14H24N2O3/c1-10(17)8-15(2)13(18)12-4-3-7-16(9-12)14(19)11-5-6-11/h10-12,17H,3-9H2,1-2H3. The number of likely N-dealkylation sites (tertiary alicyclic amines) is 1. The molecule has 2 aliphatic rings. The predicted molar refractivity (Wildman–Crippen MR) is 71.3 cm³/mol. The quantitative estimate of drug-likeness (QED) is 0.806. The van der Waals surface area contributed by atoms with E-state index >= 15 is 0 Å². The van der Waals surface area contributed by atoms with Gasteiger partial charge in [0.05, 0.1) is 12.0 Å². The van der Waals surface area contributed by atoms with E-state index in [-0.39, 0.29) is 23.7 Å². The number of carbonyl (C=O) groups excluding carboxylic acids is 2. The van der Waals surface area contributed by atoms with Crippen molar-refractivity contribution in [1.82, 2.24) is 9.80 Å². The summed E-state index contributed by atoms with van der Waals surface area (Å²) >= 11 is 0. The third-order valence-electron chi connectivity index (χ3n) is 3.92. The van der Waals surface area contributed by atoms with Gasteiger partial charge in [-0.2, -0.15) is 0 Å². The van der Waals surface area contributed by atoms with Crippen molar-refractivity contribution in [2.75, 3.05) is 26.7 Å². The Hall–Kier alpha value is -1.10. The Morgan fingerprint density at radius 2 is 2.00 bits per heavy atom. The maximum Gasteiger partial charge on any atom is 0.227 e. The van der Waals surface area contributed by atoms with Crippen LogP contribution in [0.15, 0.2) is 0 Å². The monoisotopic (exact) mass is 268 g/mol. The van der Waals surface area contributed by atoms with Crippen molar-refractivity contribution in [3.8, 4) is 0 Å². The van der Waals surface area contributed by atoms with Gasteiger partial charge in [0, 0.05) is 32.6 Å².